The lowest BCUT2D eigenvalue weighted by molar-refractivity contribution is -1.11. The third-order valence-electron chi connectivity index (χ3n) is 0.299. The van der Waals surface area contributed by atoms with Gasteiger partial charge >= 0.3 is 0 Å². The van der Waals surface area contributed by atoms with Gasteiger partial charge in [0.15, 0.2) is 0 Å². The second-order valence-corrected chi connectivity index (χ2v) is 1.05. The van der Waals surface area contributed by atoms with Crippen molar-refractivity contribution < 1.29 is 10.5 Å². The lowest BCUT2D eigenvalue weighted by Crippen LogP contribution is -3.37. The fourth-order valence-electron chi connectivity index (χ4n) is 0.173. The molecule has 0 saturated carbocycles. The SMILES string of the molecule is C[NH+]([O-])N[NH+](N)[O-]. The second kappa shape index (κ2) is 2.86. The maximum atomic E-state index is 9.84. The highest BCUT2D eigenvalue weighted by molar-refractivity contribution is 3.89. The van der Waals surface area contributed by atoms with Crippen LogP contribution in [0.1, 0.15) is 0 Å². The predicted molar refractivity (Wildman–Crippen MR) is 21.9 cm³/mol. The van der Waals surface area contributed by atoms with Crippen LogP contribution in [0.2, 0.25) is 0 Å². The van der Waals surface area contributed by atoms with E-state index in [1.807, 2.05) is 0 Å². The summed E-state index contributed by atoms with van der Waals surface area (Å²) in [4.78, 5) is 0. The van der Waals surface area contributed by atoms with Crippen LogP contribution < -0.4 is 21.8 Å². The first-order chi connectivity index (χ1) is 3.13. The zero-order chi connectivity index (χ0) is 5.86. The molecule has 0 aromatic rings. The highest BCUT2D eigenvalue weighted by Crippen LogP contribution is 0.986. The van der Waals surface area contributed by atoms with E-state index in [1.165, 1.54) is 7.05 Å². The van der Waals surface area contributed by atoms with Crippen LogP contribution in [-0.2, 0) is 0 Å². The van der Waals surface area contributed by atoms with E-state index in [9.17, 15) is 10.4 Å². The zero-order valence-corrected chi connectivity index (χ0v) is 3.89. The summed E-state index contributed by atoms with van der Waals surface area (Å²) in [5, 5.41) is 18.3. The van der Waals surface area contributed by atoms with Crippen LogP contribution in [0.25, 0.3) is 0 Å². The number of nitrogens with one attached hydrogen (secondary N) is 3. The van der Waals surface area contributed by atoms with Gasteiger partial charge in [-0.15, -0.1) is 0 Å². The molecule has 0 aliphatic rings. The molecule has 6 heteroatoms. The molecule has 0 rings (SSSR count). The van der Waals surface area contributed by atoms with Crippen molar-refractivity contribution in [1.29, 1.82) is 0 Å². The first kappa shape index (κ1) is 6.76. The van der Waals surface area contributed by atoms with Crippen molar-refractivity contribution in [2.45, 2.75) is 0 Å². The highest BCUT2D eigenvalue weighted by atomic mass is 16.6. The monoisotopic (exact) mass is 108 g/mol. The van der Waals surface area contributed by atoms with Crippen molar-refractivity contribution >= 4 is 0 Å². The molecule has 0 aliphatic heterocycles. The Bertz CT molecular complexity index is 39.0. The maximum Gasteiger partial charge on any atom is 0.0880 e. The molecule has 0 radical (unpaired) electrons. The van der Waals surface area contributed by atoms with Crippen LogP contribution in [0.5, 0.6) is 0 Å². The molecule has 0 spiro atoms. The summed E-state index contributed by atoms with van der Waals surface area (Å²) in [6.07, 6.45) is 0. The molecule has 0 amide bonds. The molecule has 0 aliphatic carbocycles. The Balaban J connectivity index is 2.95. The molecule has 0 aromatic heterocycles. The molecule has 7 heavy (non-hydrogen) atoms. The summed E-state index contributed by atoms with van der Waals surface area (Å²) in [5.41, 5.74) is 1.81. The fraction of sp³-hybridized carbons (Fsp3) is 1.00. The number of hydrogen-bond donors (Lipinski definition) is 4. The first-order valence-electron chi connectivity index (χ1n) is 1.70. The Morgan fingerprint density at radius 2 is 2.00 bits per heavy atom. The van der Waals surface area contributed by atoms with Gasteiger partial charge in [0.25, 0.3) is 0 Å². The number of hydroxylamine groups is 1. The molecule has 0 aromatic carbocycles. The van der Waals surface area contributed by atoms with Crippen LogP contribution >= 0.6 is 0 Å². The number of rotatable bonds is 2. The van der Waals surface area contributed by atoms with Crippen molar-refractivity contribution in [1.82, 2.24) is 5.53 Å². The van der Waals surface area contributed by atoms with E-state index in [2.05, 4.69) is 5.84 Å². The van der Waals surface area contributed by atoms with Crippen molar-refractivity contribution in [2.75, 3.05) is 7.05 Å². The minimum atomic E-state index is -0.812. The maximum absolute atomic E-state index is 9.84. The van der Waals surface area contributed by atoms with Gasteiger partial charge in [-0.2, -0.15) is 11.1 Å². The molecule has 0 heterocycles. The fourth-order valence-corrected chi connectivity index (χ4v) is 0.173. The molecule has 44 valence electrons. The summed E-state index contributed by atoms with van der Waals surface area (Å²) < 4.78 is 0. The molecule has 0 saturated heterocycles. The summed E-state index contributed by atoms with van der Waals surface area (Å²) in [6, 6.07) is 0. The molecule has 5 N–H and O–H groups in total. The number of hydrogen-bond acceptors (Lipinski definition) is 4. The van der Waals surface area contributed by atoms with Gasteiger partial charge in [0.05, 0.1) is 7.05 Å². The topological polar surface area (TPSA) is 93.0 Å². The van der Waals surface area contributed by atoms with E-state index < -0.39 is 10.5 Å². The first-order valence-corrected chi connectivity index (χ1v) is 1.70. The molecule has 2 atom stereocenters. The summed E-state index contributed by atoms with van der Waals surface area (Å²) in [5.74, 6) is 4.52. The normalized spacial score (nSPS) is 18.9. The van der Waals surface area contributed by atoms with Crippen LogP contribution in [0, 0.1) is 10.4 Å². The van der Waals surface area contributed by atoms with Crippen LogP contribution in [0.4, 0.5) is 0 Å². The minimum Gasteiger partial charge on any atom is -0.609 e. The standard InChI is InChI=1S/CH8N4O2/c1-4(6)3-5(2)7/h3-5H,2H2,1H3. The molecule has 0 bridgehead atoms. The third kappa shape index (κ3) is 5.76. The van der Waals surface area contributed by atoms with E-state index in [-0.39, 0.29) is 0 Å². The van der Waals surface area contributed by atoms with Gasteiger partial charge in [-0.3, -0.25) is 0 Å². The third-order valence-corrected chi connectivity index (χ3v) is 0.299. The van der Waals surface area contributed by atoms with Crippen molar-refractivity contribution in [3.05, 3.63) is 10.4 Å². The largest absolute Gasteiger partial charge is 0.609 e. The van der Waals surface area contributed by atoms with Gasteiger partial charge in [-0.05, 0) is 0 Å². The minimum absolute atomic E-state index is 0.437. The highest BCUT2D eigenvalue weighted by Gasteiger charge is 1.84. The van der Waals surface area contributed by atoms with Gasteiger partial charge in [0.2, 0.25) is 0 Å². The Labute approximate surface area is 40.6 Å². The molecule has 2 unspecified atom stereocenters. The van der Waals surface area contributed by atoms with Gasteiger partial charge in [0.1, 0.15) is 0 Å². The van der Waals surface area contributed by atoms with Crippen LogP contribution in [0.15, 0.2) is 0 Å². The van der Waals surface area contributed by atoms with E-state index in [0.29, 0.717) is 0 Å². The smallest absolute Gasteiger partial charge is 0.0880 e. The Morgan fingerprint density at radius 1 is 1.57 bits per heavy atom. The average molecular weight is 108 g/mol. The van der Waals surface area contributed by atoms with Crippen LogP contribution in [-0.4, -0.2) is 7.05 Å². The van der Waals surface area contributed by atoms with Crippen LogP contribution in [0.3, 0.4) is 0 Å². The lowest BCUT2D eigenvalue weighted by atomic mass is 11.5. The van der Waals surface area contributed by atoms with Crippen molar-refractivity contribution in [2.24, 2.45) is 5.84 Å². The summed E-state index contributed by atoms with van der Waals surface area (Å²) in [7, 11) is 1.21. The Kier molecular flexibility index (Phi) is 2.76. The van der Waals surface area contributed by atoms with Gasteiger partial charge in [-0.25, -0.2) is 5.17 Å². The molecule has 0 fully saturated rings. The molecule has 6 nitrogen and oxygen atoms in total. The van der Waals surface area contributed by atoms with E-state index in [4.69, 9.17) is 0 Å². The van der Waals surface area contributed by atoms with Crippen molar-refractivity contribution in [3.63, 3.8) is 0 Å². The average Bonchev–Trinajstić information content (AvgIpc) is 1.27. The quantitative estimate of drug-likeness (QED) is 0.212. The van der Waals surface area contributed by atoms with Gasteiger partial charge in [-0.1, -0.05) is 0 Å². The predicted octanol–water partition coefficient (Wildman–Crippen LogP) is -4.33. The van der Waals surface area contributed by atoms with E-state index in [0.717, 1.165) is 0 Å². The van der Waals surface area contributed by atoms with E-state index in [1.54, 1.807) is 5.53 Å². The molecular weight excluding hydrogens is 100 g/mol. The second-order valence-electron chi connectivity index (χ2n) is 1.05. The van der Waals surface area contributed by atoms with E-state index >= 15 is 0 Å². The molecular formula is CH8N4O2. The van der Waals surface area contributed by atoms with Crippen molar-refractivity contribution in [3.8, 4) is 0 Å². The summed E-state index contributed by atoms with van der Waals surface area (Å²) in [6.45, 7) is 0. The number of quaternary nitrogens is 2. The van der Waals surface area contributed by atoms with Gasteiger partial charge < -0.3 is 10.4 Å². The van der Waals surface area contributed by atoms with Gasteiger partial charge in [0, 0.05) is 5.53 Å². The summed E-state index contributed by atoms with van der Waals surface area (Å²) >= 11 is 0. The Hall–Kier alpha value is -0.240. The number of nitrogens with two attached hydrogens (primary N) is 1. The lowest BCUT2D eigenvalue weighted by Gasteiger charge is -2.20. The Morgan fingerprint density at radius 3 is 2.00 bits per heavy atom. The zero-order valence-electron chi connectivity index (χ0n) is 3.89.